The topological polar surface area (TPSA) is 78.4 Å². The summed E-state index contributed by atoms with van der Waals surface area (Å²) in [5.41, 5.74) is 3.51. The third-order valence-electron chi connectivity index (χ3n) is 3.72. The Morgan fingerprint density at radius 1 is 1.38 bits per heavy atom. The molecule has 0 fully saturated rings. The van der Waals surface area contributed by atoms with Crippen LogP contribution in [0.15, 0.2) is 42.1 Å². The molecule has 21 heavy (non-hydrogen) atoms. The van der Waals surface area contributed by atoms with Crippen molar-refractivity contribution in [3.05, 3.63) is 47.7 Å². The molecular formula is C16H16N2O3. The molecule has 108 valence electrons. The van der Waals surface area contributed by atoms with Gasteiger partial charge in [-0.3, -0.25) is 9.59 Å². The minimum absolute atomic E-state index is 0.0423. The second-order valence-corrected chi connectivity index (χ2v) is 5.25. The zero-order valence-corrected chi connectivity index (χ0v) is 11.4. The molecule has 1 unspecified atom stereocenters. The minimum Gasteiger partial charge on any atom is -0.481 e. The summed E-state index contributed by atoms with van der Waals surface area (Å²) in [6, 6.07) is 7.65. The SMILES string of the molecule is O=C(O)CCC1=CNC(/C=C2\C(=O)Nc3ccccc32)C1. The molecule has 2 heterocycles. The van der Waals surface area contributed by atoms with Crippen molar-refractivity contribution >= 4 is 23.1 Å². The Hall–Kier alpha value is -2.56. The minimum atomic E-state index is -0.790. The summed E-state index contributed by atoms with van der Waals surface area (Å²) in [4.78, 5) is 22.6. The highest BCUT2D eigenvalue weighted by Crippen LogP contribution is 2.32. The van der Waals surface area contributed by atoms with E-state index in [2.05, 4.69) is 10.6 Å². The molecule has 0 radical (unpaired) electrons. The van der Waals surface area contributed by atoms with E-state index in [4.69, 9.17) is 5.11 Å². The predicted octanol–water partition coefficient (Wildman–Crippen LogP) is 2.13. The van der Waals surface area contributed by atoms with E-state index in [1.54, 1.807) is 0 Å². The molecule has 3 N–H and O–H groups in total. The van der Waals surface area contributed by atoms with Gasteiger partial charge in [-0.1, -0.05) is 23.8 Å². The molecule has 5 nitrogen and oxygen atoms in total. The quantitative estimate of drug-likeness (QED) is 0.740. The van der Waals surface area contributed by atoms with E-state index in [0.29, 0.717) is 12.0 Å². The highest BCUT2D eigenvalue weighted by molar-refractivity contribution is 6.31. The summed E-state index contributed by atoms with van der Waals surface area (Å²) in [6.45, 7) is 0. The van der Waals surface area contributed by atoms with E-state index in [9.17, 15) is 9.59 Å². The smallest absolute Gasteiger partial charge is 0.303 e. The first-order valence-electron chi connectivity index (χ1n) is 6.92. The first-order valence-corrected chi connectivity index (χ1v) is 6.92. The van der Waals surface area contributed by atoms with Crippen LogP contribution in [0.25, 0.3) is 5.57 Å². The van der Waals surface area contributed by atoms with E-state index in [1.807, 2.05) is 36.5 Å². The molecular weight excluding hydrogens is 268 g/mol. The number of hydrogen-bond acceptors (Lipinski definition) is 3. The number of rotatable bonds is 4. The van der Waals surface area contributed by atoms with Gasteiger partial charge in [0.15, 0.2) is 0 Å². The van der Waals surface area contributed by atoms with Crippen LogP contribution < -0.4 is 10.6 Å². The second kappa shape index (κ2) is 5.44. The average molecular weight is 284 g/mol. The lowest BCUT2D eigenvalue weighted by atomic mass is 10.0. The monoisotopic (exact) mass is 284 g/mol. The van der Waals surface area contributed by atoms with Crippen molar-refractivity contribution in [2.24, 2.45) is 0 Å². The van der Waals surface area contributed by atoms with E-state index < -0.39 is 5.97 Å². The normalized spacial score (nSPS) is 21.7. The number of amides is 1. The largest absolute Gasteiger partial charge is 0.481 e. The summed E-state index contributed by atoms with van der Waals surface area (Å²) in [7, 11) is 0. The van der Waals surface area contributed by atoms with Crippen LogP contribution in [-0.2, 0) is 9.59 Å². The van der Waals surface area contributed by atoms with Crippen LogP contribution in [-0.4, -0.2) is 23.0 Å². The molecule has 0 aromatic heterocycles. The van der Waals surface area contributed by atoms with Gasteiger partial charge in [0.05, 0.1) is 0 Å². The molecule has 2 aliphatic heterocycles. The second-order valence-electron chi connectivity index (χ2n) is 5.25. The molecule has 0 spiro atoms. The summed E-state index contributed by atoms with van der Waals surface area (Å²) in [5, 5.41) is 14.7. The van der Waals surface area contributed by atoms with Crippen LogP contribution >= 0.6 is 0 Å². The maximum absolute atomic E-state index is 12.0. The number of nitrogens with one attached hydrogen (secondary N) is 2. The van der Waals surface area contributed by atoms with E-state index in [-0.39, 0.29) is 18.4 Å². The third-order valence-corrected chi connectivity index (χ3v) is 3.72. The van der Waals surface area contributed by atoms with Gasteiger partial charge < -0.3 is 15.7 Å². The number of carbonyl (C=O) groups excluding carboxylic acids is 1. The maximum atomic E-state index is 12.0. The van der Waals surface area contributed by atoms with Gasteiger partial charge in [-0.05, 0) is 31.2 Å². The van der Waals surface area contributed by atoms with Crippen molar-refractivity contribution < 1.29 is 14.7 Å². The Kier molecular flexibility index (Phi) is 3.48. The van der Waals surface area contributed by atoms with Crippen molar-refractivity contribution in [1.29, 1.82) is 0 Å². The molecule has 0 aliphatic carbocycles. The molecule has 0 saturated heterocycles. The predicted molar refractivity (Wildman–Crippen MR) is 79.5 cm³/mol. The fourth-order valence-corrected chi connectivity index (χ4v) is 2.68. The lowest BCUT2D eigenvalue weighted by Gasteiger charge is -2.07. The number of carboxylic acid groups (broad SMARTS) is 1. The third kappa shape index (κ3) is 2.81. The summed E-state index contributed by atoms with van der Waals surface area (Å²) in [6.07, 6.45) is 5.21. The molecule has 1 atom stereocenters. The molecule has 1 aromatic rings. The van der Waals surface area contributed by atoms with Crippen molar-refractivity contribution in [3.63, 3.8) is 0 Å². The number of anilines is 1. The average Bonchev–Trinajstić information content (AvgIpc) is 3.02. The van der Waals surface area contributed by atoms with Crippen molar-refractivity contribution in [3.8, 4) is 0 Å². The van der Waals surface area contributed by atoms with Gasteiger partial charge >= 0.3 is 5.97 Å². The highest BCUT2D eigenvalue weighted by atomic mass is 16.4. The van der Waals surface area contributed by atoms with Gasteiger partial charge in [0.1, 0.15) is 0 Å². The number of aliphatic carboxylic acids is 1. The number of carboxylic acids is 1. The standard InChI is InChI=1S/C16H16N2O3/c19-15(20)6-5-10-7-11(17-9-10)8-13-12-3-1-2-4-14(12)18-16(13)21/h1-4,8-9,11,17H,5-7H2,(H,18,21)(H,19,20)/b13-8-. The Morgan fingerprint density at radius 3 is 3.00 bits per heavy atom. The van der Waals surface area contributed by atoms with E-state index in [1.165, 1.54) is 0 Å². The van der Waals surface area contributed by atoms with Crippen molar-refractivity contribution in [2.45, 2.75) is 25.3 Å². The van der Waals surface area contributed by atoms with Crippen LogP contribution in [0.1, 0.15) is 24.8 Å². The molecule has 3 rings (SSSR count). The number of benzene rings is 1. The first-order chi connectivity index (χ1) is 10.1. The molecule has 1 amide bonds. The molecule has 5 heteroatoms. The van der Waals surface area contributed by atoms with Gasteiger partial charge in [0.2, 0.25) is 0 Å². The Labute approximate surface area is 122 Å². The Bertz CT molecular complexity index is 661. The van der Waals surface area contributed by atoms with E-state index >= 15 is 0 Å². The van der Waals surface area contributed by atoms with Gasteiger partial charge in [0.25, 0.3) is 5.91 Å². The summed E-state index contributed by atoms with van der Waals surface area (Å²) >= 11 is 0. The fraction of sp³-hybridized carbons (Fsp3) is 0.250. The Morgan fingerprint density at radius 2 is 2.19 bits per heavy atom. The Balaban J connectivity index is 1.70. The van der Waals surface area contributed by atoms with Gasteiger partial charge in [-0.25, -0.2) is 0 Å². The highest BCUT2D eigenvalue weighted by Gasteiger charge is 2.25. The summed E-state index contributed by atoms with van der Waals surface area (Å²) < 4.78 is 0. The van der Waals surface area contributed by atoms with Crippen molar-refractivity contribution in [2.75, 3.05) is 5.32 Å². The fourth-order valence-electron chi connectivity index (χ4n) is 2.68. The zero-order chi connectivity index (χ0) is 14.8. The number of para-hydroxylation sites is 1. The number of hydrogen-bond donors (Lipinski definition) is 3. The first kappa shape index (κ1) is 13.4. The van der Waals surface area contributed by atoms with Crippen LogP contribution in [0.3, 0.4) is 0 Å². The molecule has 0 bridgehead atoms. The van der Waals surface area contributed by atoms with E-state index in [0.717, 1.165) is 23.2 Å². The van der Waals surface area contributed by atoms with Crippen LogP contribution in [0.5, 0.6) is 0 Å². The lowest BCUT2D eigenvalue weighted by Crippen LogP contribution is -2.17. The lowest BCUT2D eigenvalue weighted by molar-refractivity contribution is -0.137. The molecule has 0 saturated carbocycles. The van der Waals surface area contributed by atoms with Crippen LogP contribution in [0.4, 0.5) is 5.69 Å². The van der Waals surface area contributed by atoms with Crippen LogP contribution in [0.2, 0.25) is 0 Å². The summed E-state index contributed by atoms with van der Waals surface area (Å²) in [5.74, 6) is -0.876. The number of carbonyl (C=O) groups is 2. The molecule has 2 aliphatic rings. The van der Waals surface area contributed by atoms with Crippen molar-refractivity contribution in [1.82, 2.24) is 5.32 Å². The van der Waals surface area contributed by atoms with Gasteiger partial charge in [-0.2, -0.15) is 0 Å². The maximum Gasteiger partial charge on any atom is 0.303 e. The van der Waals surface area contributed by atoms with Gasteiger partial charge in [0, 0.05) is 29.3 Å². The number of fused-ring (bicyclic) bond motifs is 1. The van der Waals surface area contributed by atoms with Crippen LogP contribution in [0, 0.1) is 0 Å². The van der Waals surface area contributed by atoms with Gasteiger partial charge in [-0.15, -0.1) is 0 Å². The molecule has 1 aromatic carbocycles. The zero-order valence-electron chi connectivity index (χ0n) is 11.4.